The normalized spacial score (nSPS) is 11.0. The molecule has 0 amide bonds. The molecule has 0 fully saturated rings. The summed E-state index contributed by atoms with van der Waals surface area (Å²) in [7, 11) is 0. The predicted molar refractivity (Wildman–Crippen MR) is 112 cm³/mol. The Morgan fingerprint density at radius 3 is 2.62 bits per heavy atom. The minimum absolute atomic E-state index is 0.0544. The number of nitro groups is 1. The molecule has 0 N–H and O–H groups in total. The van der Waals surface area contributed by atoms with Gasteiger partial charge in [-0.2, -0.15) is 0 Å². The standard InChI is InChI=1S/C23H17N3O3/c27-26(28)22-9-5-8-21-20(22)14-13-18(25-21)12-11-17-6-1-2-10-23(17)29-16-19-7-3-4-15-24-19/h1-15H,16H2/b12-11+. The van der Waals surface area contributed by atoms with E-state index in [1.807, 2.05) is 54.6 Å². The van der Waals surface area contributed by atoms with Crippen LogP contribution < -0.4 is 4.74 Å². The molecule has 2 heterocycles. The van der Waals surface area contributed by atoms with Crippen molar-refractivity contribution in [2.75, 3.05) is 0 Å². The van der Waals surface area contributed by atoms with Crippen LogP contribution in [0.25, 0.3) is 23.1 Å². The van der Waals surface area contributed by atoms with Gasteiger partial charge in [0.2, 0.25) is 0 Å². The number of para-hydroxylation sites is 1. The number of fused-ring (bicyclic) bond motifs is 1. The third-order valence-corrected chi connectivity index (χ3v) is 4.38. The number of ether oxygens (including phenoxy) is 1. The van der Waals surface area contributed by atoms with Gasteiger partial charge >= 0.3 is 0 Å². The lowest BCUT2D eigenvalue weighted by Crippen LogP contribution is -1.98. The summed E-state index contributed by atoms with van der Waals surface area (Å²) in [6.07, 6.45) is 5.51. The quantitative estimate of drug-likeness (QED) is 0.334. The molecule has 4 rings (SSSR count). The van der Waals surface area contributed by atoms with Crippen LogP contribution in [0.15, 0.2) is 79.0 Å². The summed E-state index contributed by atoms with van der Waals surface area (Å²) in [5.74, 6) is 0.742. The van der Waals surface area contributed by atoms with E-state index in [4.69, 9.17) is 4.74 Å². The second-order valence-electron chi connectivity index (χ2n) is 6.32. The van der Waals surface area contributed by atoms with E-state index in [-0.39, 0.29) is 5.69 Å². The highest BCUT2D eigenvalue weighted by Crippen LogP contribution is 2.25. The second-order valence-corrected chi connectivity index (χ2v) is 6.32. The molecule has 4 aromatic rings. The summed E-state index contributed by atoms with van der Waals surface area (Å²) in [4.78, 5) is 19.5. The summed E-state index contributed by atoms with van der Waals surface area (Å²) in [5.41, 5.74) is 3.10. The van der Waals surface area contributed by atoms with Gasteiger partial charge in [-0.15, -0.1) is 0 Å². The minimum Gasteiger partial charge on any atom is -0.487 e. The SMILES string of the molecule is O=[N+]([O-])c1cccc2nc(/C=C/c3ccccc3OCc3ccccn3)ccc12. The summed E-state index contributed by atoms with van der Waals surface area (Å²) in [6, 6.07) is 21.8. The number of hydrogen-bond acceptors (Lipinski definition) is 5. The van der Waals surface area contributed by atoms with Crippen molar-refractivity contribution in [2.24, 2.45) is 0 Å². The number of nitrogens with zero attached hydrogens (tertiary/aromatic N) is 3. The fourth-order valence-electron chi connectivity index (χ4n) is 2.97. The highest BCUT2D eigenvalue weighted by Gasteiger charge is 2.11. The van der Waals surface area contributed by atoms with Gasteiger partial charge in [0.1, 0.15) is 12.4 Å². The number of nitro benzene ring substituents is 1. The van der Waals surface area contributed by atoms with Crippen LogP contribution in [0.5, 0.6) is 5.75 Å². The Labute approximate surface area is 167 Å². The van der Waals surface area contributed by atoms with Crippen molar-refractivity contribution >= 4 is 28.7 Å². The third-order valence-electron chi connectivity index (χ3n) is 4.38. The summed E-state index contributed by atoms with van der Waals surface area (Å²) in [6.45, 7) is 0.379. The lowest BCUT2D eigenvalue weighted by molar-refractivity contribution is -0.383. The van der Waals surface area contributed by atoms with E-state index >= 15 is 0 Å². The first-order chi connectivity index (χ1) is 14.2. The van der Waals surface area contributed by atoms with E-state index in [2.05, 4.69) is 9.97 Å². The van der Waals surface area contributed by atoms with Crippen LogP contribution in [-0.4, -0.2) is 14.9 Å². The third kappa shape index (κ3) is 4.27. The molecule has 2 aromatic carbocycles. The smallest absolute Gasteiger partial charge is 0.278 e. The Morgan fingerprint density at radius 1 is 0.931 bits per heavy atom. The van der Waals surface area contributed by atoms with Crippen LogP contribution in [0, 0.1) is 10.1 Å². The lowest BCUT2D eigenvalue weighted by Gasteiger charge is -2.08. The molecule has 0 spiro atoms. The first kappa shape index (κ1) is 18.3. The molecule has 142 valence electrons. The highest BCUT2D eigenvalue weighted by atomic mass is 16.6. The van der Waals surface area contributed by atoms with Crippen LogP contribution in [-0.2, 0) is 6.61 Å². The van der Waals surface area contributed by atoms with Gasteiger partial charge in [-0.1, -0.05) is 30.3 Å². The Bertz CT molecular complexity index is 1190. The maximum atomic E-state index is 11.2. The molecule has 0 radical (unpaired) electrons. The zero-order valence-electron chi connectivity index (χ0n) is 15.4. The van der Waals surface area contributed by atoms with Crippen molar-refractivity contribution in [1.29, 1.82) is 0 Å². The van der Waals surface area contributed by atoms with Gasteiger partial charge in [0.05, 0.1) is 27.2 Å². The molecule has 0 aliphatic heterocycles. The van der Waals surface area contributed by atoms with Crippen molar-refractivity contribution in [3.05, 3.63) is 106 Å². The van der Waals surface area contributed by atoms with Gasteiger partial charge < -0.3 is 4.74 Å². The average Bonchev–Trinajstić information content (AvgIpc) is 2.76. The molecule has 0 aliphatic rings. The average molecular weight is 383 g/mol. The maximum Gasteiger partial charge on any atom is 0.278 e. The molecule has 29 heavy (non-hydrogen) atoms. The predicted octanol–water partition coefficient (Wildman–Crippen LogP) is 5.29. The molecule has 0 aliphatic carbocycles. The Morgan fingerprint density at radius 2 is 1.79 bits per heavy atom. The molecule has 0 bridgehead atoms. The fraction of sp³-hybridized carbons (Fsp3) is 0.0435. The highest BCUT2D eigenvalue weighted by molar-refractivity contribution is 5.89. The van der Waals surface area contributed by atoms with Crippen molar-refractivity contribution in [1.82, 2.24) is 9.97 Å². The largest absolute Gasteiger partial charge is 0.487 e. The number of rotatable bonds is 6. The van der Waals surface area contributed by atoms with Crippen molar-refractivity contribution in [3.63, 3.8) is 0 Å². The number of non-ortho nitro benzene ring substituents is 1. The van der Waals surface area contributed by atoms with Crippen LogP contribution in [0.2, 0.25) is 0 Å². The zero-order valence-corrected chi connectivity index (χ0v) is 15.4. The summed E-state index contributed by atoms with van der Waals surface area (Å²) in [5, 5.41) is 11.7. The van der Waals surface area contributed by atoms with E-state index in [1.165, 1.54) is 6.07 Å². The van der Waals surface area contributed by atoms with Gasteiger partial charge in [0, 0.05) is 17.8 Å². The van der Waals surface area contributed by atoms with Gasteiger partial charge in [-0.05, 0) is 48.6 Å². The second kappa shape index (κ2) is 8.31. The number of benzene rings is 2. The molecule has 2 aromatic heterocycles. The van der Waals surface area contributed by atoms with Crippen molar-refractivity contribution in [3.8, 4) is 5.75 Å². The molecule has 0 unspecified atom stereocenters. The topological polar surface area (TPSA) is 78.2 Å². The summed E-state index contributed by atoms with van der Waals surface area (Å²) >= 11 is 0. The van der Waals surface area contributed by atoms with Gasteiger partial charge in [0.25, 0.3) is 5.69 Å². The fourth-order valence-corrected chi connectivity index (χ4v) is 2.97. The zero-order chi connectivity index (χ0) is 20.1. The van der Waals surface area contributed by atoms with Crippen LogP contribution in [0.4, 0.5) is 5.69 Å². The van der Waals surface area contributed by atoms with E-state index in [1.54, 1.807) is 30.5 Å². The van der Waals surface area contributed by atoms with E-state index in [9.17, 15) is 10.1 Å². The van der Waals surface area contributed by atoms with E-state index < -0.39 is 4.92 Å². The van der Waals surface area contributed by atoms with E-state index in [0.717, 1.165) is 17.0 Å². The molecule has 0 saturated carbocycles. The summed E-state index contributed by atoms with van der Waals surface area (Å²) < 4.78 is 5.91. The van der Waals surface area contributed by atoms with Crippen LogP contribution in [0.1, 0.15) is 17.0 Å². The Balaban J connectivity index is 1.57. The Kier molecular flexibility index (Phi) is 5.25. The van der Waals surface area contributed by atoms with Crippen LogP contribution >= 0.6 is 0 Å². The number of aromatic nitrogens is 2. The van der Waals surface area contributed by atoms with Gasteiger partial charge in [-0.3, -0.25) is 15.1 Å². The lowest BCUT2D eigenvalue weighted by atomic mass is 10.1. The maximum absolute atomic E-state index is 11.2. The molecule has 6 heteroatoms. The molecular formula is C23H17N3O3. The minimum atomic E-state index is -0.394. The van der Waals surface area contributed by atoms with Crippen molar-refractivity contribution in [2.45, 2.75) is 6.61 Å². The van der Waals surface area contributed by atoms with Crippen molar-refractivity contribution < 1.29 is 9.66 Å². The monoisotopic (exact) mass is 383 g/mol. The molecule has 0 atom stereocenters. The van der Waals surface area contributed by atoms with Gasteiger partial charge in [-0.25, -0.2) is 4.98 Å². The first-order valence-electron chi connectivity index (χ1n) is 9.05. The van der Waals surface area contributed by atoms with Crippen LogP contribution in [0.3, 0.4) is 0 Å². The number of hydrogen-bond donors (Lipinski definition) is 0. The Hall–Kier alpha value is -4.06. The van der Waals surface area contributed by atoms with E-state index in [0.29, 0.717) is 23.2 Å². The molecule has 6 nitrogen and oxygen atoms in total. The first-order valence-corrected chi connectivity index (χ1v) is 9.05. The molecule has 0 saturated heterocycles. The van der Waals surface area contributed by atoms with Gasteiger partial charge in [0.15, 0.2) is 0 Å². The number of pyridine rings is 2. The molecular weight excluding hydrogens is 366 g/mol.